The molecule has 0 aliphatic carbocycles. The molecule has 0 radical (unpaired) electrons. The molecule has 0 bridgehead atoms. The van der Waals surface area contributed by atoms with Crippen molar-refractivity contribution in [2.24, 2.45) is 0 Å². The van der Waals surface area contributed by atoms with Gasteiger partial charge in [-0.2, -0.15) is 4.31 Å². The van der Waals surface area contributed by atoms with Gasteiger partial charge in [-0.15, -0.1) is 0 Å². The average Bonchev–Trinajstić information content (AvgIpc) is 2.66. The maximum Gasteiger partial charge on any atom is 0.243 e. The van der Waals surface area contributed by atoms with Gasteiger partial charge in [0.1, 0.15) is 5.82 Å². The molecule has 2 N–H and O–H groups in total. The summed E-state index contributed by atoms with van der Waals surface area (Å²) in [7, 11) is -3.53. The van der Waals surface area contributed by atoms with E-state index in [0.29, 0.717) is 18.8 Å². The molecule has 27 heavy (non-hydrogen) atoms. The van der Waals surface area contributed by atoms with Crippen molar-refractivity contribution >= 4 is 38.7 Å². The van der Waals surface area contributed by atoms with Gasteiger partial charge >= 0.3 is 0 Å². The van der Waals surface area contributed by atoms with Crippen LogP contribution in [0.5, 0.6) is 0 Å². The minimum absolute atomic E-state index is 0.190. The third-order valence-corrected chi connectivity index (χ3v) is 6.63. The summed E-state index contributed by atoms with van der Waals surface area (Å²) in [5.41, 5.74) is 1.66. The number of para-hydroxylation sites is 1. The molecule has 0 atom stereocenters. The molecule has 144 valence electrons. The smallest absolute Gasteiger partial charge is 0.243 e. The topological polar surface area (TPSA) is 61.4 Å². The zero-order chi connectivity index (χ0) is 19.4. The van der Waals surface area contributed by atoms with Crippen LogP contribution < -0.4 is 10.6 Å². The number of aryl methyl sites for hydroxylation is 1. The van der Waals surface area contributed by atoms with Crippen molar-refractivity contribution in [2.45, 2.75) is 31.1 Å². The van der Waals surface area contributed by atoms with E-state index in [1.54, 1.807) is 36.4 Å². The van der Waals surface area contributed by atoms with Gasteiger partial charge in [-0.3, -0.25) is 0 Å². The first-order chi connectivity index (χ1) is 12.9. The molecule has 1 heterocycles. The quantitative estimate of drug-likeness (QED) is 0.747. The van der Waals surface area contributed by atoms with Gasteiger partial charge < -0.3 is 10.6 Å². The van der Waals surface area contributed by atoms with Crippen LogP contribution >= 0.6 is 12.2 Å². The van der Waals surface area contributed by atoms with Gasteiger partial charge in [-0.05, 0) is 61.8 Å². The third-order valence-electron chi connectivity index (χ3n) is 4.53. The van der Waals surface area contributed by atoms with Crippen molar-refractivity contribution in [1.29, 1.82) is 0 Å². The number of nitrogens with zero attached hydrogens (tertiary/aromatic N) is 1. The summed E-state index contributed by atoms with van der Waals surface area (Å²) < 4.78 is 41.0. The van der Waals surface area contributed by atoms with Crippen LogP contribution in [0.25, 0.3) is 0 Å². The second-order valence-corrected chi connectivity index (χ2v) is 8.85. The van der Waals surface area contributed by atoms with Crippen molar-refractivity contribution < 1.29 is 12.8 Å². The number of rotatable bonds is 4. The number of hydrogen-bond acceptors (Lipinski definition) is 3. The van der Waals surface area contributed by atoms with Gasteiger partial charge in [-0.1, -0.05) is 24.6 Å². The highest BCUT2D eigenvalue weighted by atomic mass is 32.2. The summed E-state index contributed by atoms with van der Waals surface area (Å²) in [5.74, 6) is -0.417. The normalized spacial score (nSPS) is 15.3. The minimum atomic E-state index is -3.53. The van der Waals surface area contributed by atoms with E-state index >= 15 is 0 Å². The molecule has 5 nitrogen and oxygen atoms in total. The van der Waals surface area contributed by atoms with E-state index in [4.69, 9.17) is 12.2 Å². The highest BCUT2D eigenvalue weighted by Crippen LogP contribution is 2.25. The Morgan fingerprint density at radius 2 is 1.70 bits per heavy atom. The Kier molecular flexibility index (Phi) is 6.08. The number of hydrogen-bond donors (Lipinski definition) is 2. The lowest BCUT2D eigenvalue weighted by Gasteiger charge is -2.26. The molecule has 1 saturated heterocycles. The van der Waals surface area contributed by atoms with Crippen LogP contribution in [0.2, 0.25) is 0 Å². The van der Waals surface area contributed by atoms with E-state index in [0.717, 1.165) is 24.8 Å². The average molecular weight is 408 g/mol. The van der Waals surface area contributed by atoms with Crippen molar-refractivity contribution in [1.82, 2.24) is 4.31 Å². The fraction of sp³-hybridized carbons (Fsp3) is 0.316. The lowest BCUT2D eigenvalue weighted by Crippen LogP contribution is -2.35. The van der Waals surface area contributed by atoms with Crippen LogP contribution in [0.4, 0.5) is 15.8 Å². The molecule has 2 aromatic carbocycles. The predicted octanol–water partition coefficient (Wildman–Crippen LogP) is 4.12. The SMILES string of the molecule is Cc1ccc(S(=O)(=O)N2CCCCC2)cc1NC(=S)Nc1ccccc1F. The van der Waals surface area contributed by atoms with Crippen LogP contribution in [0.3, 0.4) is 0 Å². The van der Waals surface area contributed by atoms with Crippen molar-refractivity contribution in [3.8, 4) is 0 Å². The van der Waals surface area contributed by atoms with Crippen molar-refractivity contribution in [2.75, 3.05) is 23.7 Å². The molecular weight excluding hydrogens is 385 g/mol. The van der Waals surface area contributed by atoms with E-state index in [-0.39, 0.29) is 15.7 Å². The molecule has 1 fully saturated rings. The molecule has 8 heteroatoms. The summed E-state index contributed by atoms with van der Waals surface area (Å²) in [5, 5.41) is 5.96. The summed E-state index contributed by atoms with van der Waals surface area (Å²) >= 11 is 5.25. The first-order valence-electron chi connectivity index (χ1n) is 8.81. The van der Waals surface area contributed by atoms with E-state index < -0.39 is 15.8 Å². The maximum absolute atomic E-state index is 13.8. The van der Waals surface area contributed by atoms with Gasteiger partial charge in [0.05, 0.1) is 10.6 Å². The fourth-order valence-corrected chi connectivity index (χ4v) is 4.75. The summed E-state index contributed by atoms with van der Waals surface area (Å²) in [4.78, 5) is 0.228. The zero-order valence-corrected chi connectivity index (χ0v) is 16.7. The Morgan fingerprint density at radius 1 is 1.04 bits per heavy atom. The maximum atomic E-state index is 13.8. The Hall–Kier alpha value is -2.03. The molecule has 1 aliphatic heterocycles. The van der Waals surface area contributed by atoms with Crippen molar-refractivity contribution in [3.05, 3.63) is 53.8 Å². The van der Waals surface area contributed by atoms with E-state index in [1.807, 2.05) is 6.92 Å². The second-order valence-electron chi connectivity index (χ2n) is 6.50. The number of nitrogens with one attached hydrogen (secondary N) is 2. The van der Waals surface area contributed by atoms with E-state index in [1.165, 1.54) is 10.4 Å². The highest BCUT2D eigenvalue weighted by molar-refractivity contribution is 7.89. The molecule has 0 spiro atoms. The number of benzene rings is 2. The molecule has 2 aromatic rings. The molecule has 0 saturated carbocycles. The second kappa shape index (κ2) is 8.33. The Morgan fingerprint density at radius 3 is 2.41 bits per heavy atom. The van der Waals surface area contributed by atoms with Gasteiger partial charge in [0.15, 0.2) is 5.11 Å². The van der Waals surface area contributed by atoms with Crippen LogP contribution in [-0.4, -0.2) is 30.9 Å². The first kappa shape index (κ1) is 19.7. The fourth-order valence-electron chi connectivity index (χ4n) is 2.99. The lowest BCUT2D eigenvalue weighted by molar-refractivity contribution is 0.346. The largest absolute Gasteiger partial charge is 0.332 e. The third kappa shape index (κ3) is 4.63. The Balaban J connectivity index is 1.79. The molecular formula is C19H22FN3O2S2. The van der Waals surface area contributed by atoms with E-state index in [2.05, 4.69) is 10.6 Å². The summed E-state index contributed by atoms with van der Waals surface area (Å²) in [6.45, 7) is 2.95. The summed E-state index contributed by atoms with van der Waals surface area (Å²) in [6.07, 6.45) is 2.82. The molecule has 0 aromatic heterocycles. The minimum Gasteiger partial charge on any atom is -0.332 e. The van der Waals surface area contributed by atoms with Gasteiger partial charge in [0.25, 0.3) is 0 Å². The number of halogens is 1. The van der Waals surface area contributed by atoms with Gasteiger partial charge in [0, 0.05) is 18.8 Å². The highest BCUT2D eigenvalue weighted by Gasteiger charge is 2.26. The number of sulfonamides is 1. The molecule has 3 rings (SSSR count). The van der Waals surface area contributed by atoms with Crippen LogP contribution in [0.15, 0.2) is 47.4 Å². The number of piperidine rings is 1. The number of thiocarbonyl (C=S) groups is 1. The molecule has 0 unspecified atom stereocenters. The summed E-state index contributed by atoms with van der Waals surface area (Å²) in [6, 6.07) is 11.1. The Bertz CT molecular complexity index is 942. The van der Waals surface area contributed by atoms with Crippen molar-refractivity contribution in [3.63, 3.8) is 0 Å². The van der Waals surface area contributed by atoms with Crippen LogP contribution in [0.1, 0.15) is 24.8 Å². The van der Waals surface area contributed by atoms with Gasteiger partial charge in [-0.25, -0.2) is 12.8 Å². The first-order valence-corrected chi connectivity index (χ1v) is 10.7. The monoisotopic (exact) mass is 407 g/mol. The molecule has 1 aliphatic rings. The lowest BCUT2D eigenvalue weighted by atomic mass is 10.2. The molecule has 0 amide bonds. The predicted molar refractivity (Wildman–Crippen MR) is 110 cm³/mol. The Labute approximate surface area is 164 Å². The number of anilines is 2. The van der Waals surface area contributed by atoms with Crippen LogP contribution in [0, 0.1) is 12.7 Å². The standard InChI is InChI=1S/C19H22FN3O2S2/c1-14-9-10-15(27(24,25)23-11-5-2-6-12-23)13-18(14)22-19(26)21-17-8-4-3-7-16(17)20/h3-4,7-10,13H,2,5-6,11-12H2,1H3,(H2,21,22,26). The van der Waals surface area contributed by atoms with E-state index in [9.17, 15) is 12.8 Å². The zero-order valence-electron chi connectivity index (χ0n) is 15.0. The van der Waals surface area contributed by atoms with Gasteiger partial charge in [0.2, 0.25) is 10.0 Å². The van der Waals surface area contributed by atoms with Crippen LogP contribution in [-0.2, 0) is 10.0 Å².